The van der Waals surface area contributed by atoms with Crippen LogP contribution in [0.1, 0.15) is 16.3 Å². The summed E-state index contributed by atoms with van der Waals surface area (Å²) >= 11 is 7.24. The van der Waals surface area contributed by atoms with Gasteiger partial charge in [0.25, 0.3) is 0 Å². The van der Waals surface area contributed by atoms with E-state index in [4.69, 9.17) is 17.3 Å². The molecule has 18 heavy (non-hydrogen) atoms. The van der Waals surface area contributed by atoms with Crippen molar-refractivity contribution in [3.63, 3.8) is 0 Å². The lowest BCUT2D eigenvalue weighted by Gasteiger charge is -2.10. The molecule has 0 bridgehead atoms. The number of hydrogen-bond donors (Lipinski definition) is 1. The van der Waals surface area contributed by atoms with Crippen LogP contribution in [0.25, 0.3) is 0 Å². The van der Waals surface area contributed by atoms with E-state index in [9.17, 15) is 4.39 Å². The van der Waals surface area contributed by atoms with E-state index < -0.39 is 5.82 Å². The highest BCUT2D eigenvalue weighted by Crippen LogP contribution is 2.17. The van der Waals surface area contributed by atoms with Crippen molar-refractivity contribution in [2.75, 3.05) is 0 Å². The highest BCUT2D eigenvalue weighted by molar-refractivity contribution is 7.09. The van der Waals surface area contributed by atoms with Crippen molar-refractivity contribution in [1.82, 2.24) is 4.98 Å². The van der Waals surface area contributed by atoms with Gasteiger partial charge >= 0.3 is 0 Å². The average Bonchev–Trinajstić information content (AvgIpc) is 2.69. The highest BCUT2D eigenvalue weighted by Gasteiger charge is 2.09. The van der Waals surface area contributed by atoms with Crippen LogP contribution in [0.3, 0.4) is 0 Å². The maximum Gasteiger partial charge on any atom is 0.142 e. The lowest BCUT2D eigenvalue weighted by molar-refractivity contribution is 0.618. The summed E-state index contributed by atoms with van der Waals surface area (Å²) in [6, 6.07) is 4.75. The van der Waals surface area contributed by atoms with Gasteiger partial charge < -0.3 is 5.73 Å². The van der Waals surface area contributed by atoms with E-state index in [-0.39, 0.29) is 11.1 Å². The third-order valence-corrected chi connectivity index (χ3v) is 3.88. The van der Waals surface area contributed by atoms with Gasteiger partial charge in [0, 0.05) is 23.5 Å². The lowest BCUT2D eigenvalue weighted by atomic mass is 10.0. The first-order valence-electron chi connectivity index (χ1n) is 5.65. The molecule has 2 nitrogen and oxygen atoms in total. The van der Waals surface area contributed by atoms with Crippen LogP contribution in [0.2, 0.25) is 5.02 Å². The van der Waals surface area contributed by atoms with E-state index >= 15 is 0 Å². The number of hydrogen-bond acceptors (Lipinski definition) is 3. The number of nitrogens with two attached hydrogens (primary N) is 1. The smallest absolute Gasteiger partial charge is 0.142 e. The Bertz CT molecular complexity index is 542. The molecule has 1 atom stereocenters. The summed E-state index contributed by atoms with van der Waals surface area (Å²) in [5.74, 6) is -0.397. The van der Waals surface area contributed by atoms with Crippen LogP contribution in [0.15, 0.2) is 23.6 Å². The normalized spacial score (nSPS) is 12.7. The molecule has 5 heteroatoms. The minimum Gasteiger partial charge on any atom is -0.327 e. The minimum atomic E-state index is -0.397. The van der Waals surface area contributed by atoms with Gasteiger partial charge in [-0.15, -0.1) is 11.3 Å². The van der Waals surface area contributed by atoms with Gasteiger partial charge in [0.1, 0.15) is 5.82 Å². The largest absolute Gasteiger partial charge is 0.327 e. The summed E-state index contributed by atoms with van der Waals surface area (Å²) in [6.45, 7) is 1.96. The highest BCUT2D eigenvalue weighted by atomic mass is 35.5. The molecule has 1 aromatic heterocycles. The van der Waals surface area contributed by atoms with E-state index in [1.807, 2.05) is 12.3 Å². The van der Waals surface area contributed by atoms with Crippen LogP contribution in [-0.4, -0.2) is 11.0 Å². The maximum absolute atomic E-state index is 13.3. The second kappa shape index (κ2) is 5.78. The molecule has 1 unspecified atom stereocenters. The van der Waals surface area contributed by atoms with Crippen LogP contribution in [0.5, 0.6) is 0 Å². The number of aryl methyl sites for hydroxylation is 1. The number of thiazole rings is 1. The van der Waals surface area contributed by atoms with Gasteiger partial charge in [-0.1, -0.05) is 17.7 Å². The molecule has 0 aliphatic carbocycles. The average molecular weight is 285 g/mol. The van der Waals surface area contributed by atoms with Crippen LogP contribution in [0, 0.1) is 12.7 Å². The molecular formula is C13H14ClFN2S. The predicted octanol–water partition coefficient (Wildman–Crippen LogP) is 3.36. The van der Waals surface area contributed by atoms with Gasteiger partial charge in [0.05, 0.1) is 10.0 Å². The van der Waals surface area contributed by atoms with E-state index in [0.717, 1.165) is 16.3 Å². The third-order valence-electron chi connectivity index (χ3n) is 2.59. The molecule has 96 valence electrons. The molecule has 0 aliphatic rings. The zero-order chi connectivity index (χ0) is 13.1. The van der Waals surface area contributed by atoms with Crippen molar-refractivity contribution >= 4 is 22.9 Å². The molecule has 1 aromatic carbocycles. The van der Waals surface area contributed by atoms with Crippen molar-refractivity contribution in [2.45, 2.75) is 25.8 Å². The molecule has 0 radical (unpaired) electrons. The Hall–Kier alpha value is -0.970. The maximum atomic E-state index is 13.3. The molecule has 0 amide bonds. The zero-order valence-electron chi connectivity index (χ0n) is 9.99. The van der Waals surface area contributed by atoms with Crippen LogP contribution in [0.4, 0.5) is 4.39 Å². The van der Waals surface area contributed by atoms with Crippen molar-refractivity contribution in [3.05, 3.63) is 50.7 Å². The van der Waals surface area contributed by atoms with Crippen molar-refractivity contribution in [3.8, 4) is 0 Å². The molecule has 0 saturated carbocycles. The number of rotatable bonds is 4. The van der Waals surface area contributed by atoms with Gasteiger partial charge in [-0.05, 0) is 31.0 Å². The fourth-order valence-corrected chi connectivity index (χ4v) is 2.75. The molecule has 0 spiro atoms. The van der Waals surface area contributed by atoms with Crippen molar-refractivity contribution in [2.24, 2.45) is 5.73 Å². The zero-order valence-corrected chi connectivity index (χ0v) is 11.6. The number of nitrogens with zero attached hydrogens (tertiary/aromatic N) is 1. The van der Waals surface area contributed by atoms with E-state index in [1.54, 1.807) is 23.5 Å². The summed E-state index contributed by atoms with van der Waals surface area (Å²) in [5.41, 5.74) is 7.92. The van der Waals surface area contributed by atoms with E-state index in [1.165, 1.54) is 6.07 Å². The summed E-state index contributed by atoms with van der Waals surface area (Å²) in [6.07, 6.45) is 1.33. The minimum absolute atomic E-state index is 0.0591. The summed E-state index contributed by atoms with van der Waals surface area (Å²) in [4.78, 5) is 4.37. The molecule has 2 rings (SSSR count). The second-order valence-corrected chi connectivity index (χ2v) is 5.65. The first kappa shape index (κ1) is 13.5. The Morgan fingerprint density at radius 2 is 2.22 bits per heavy atom. The summed E-state index contributed by atoms with van der Waals surface area (Å²) < 4.78 is 13.3. The Kier molecular flexibility index (Phi) is 4.32. The number of halogens is 2. The lowest BCUT2D eigenvalue weighted by Crippen LogP contribution is -2.25. The van der Waals surface area contributed by atoms with Crippen molar-refractivity contribution < 1.29 is 4.39 Å². The van der Waals surface area contributed by atoms with Gasteiger partial charge in [-0.2, -0.15) is 0 Å². The molecule has 0 aliphatic heterocycles. The molecule has 2 N–H and O–H groups in total. The second-order valence-electron chi connectivity index (χ2n) is 4.30. The Labute approximate surface area is 115 Å². The third kappa shape index (κ3) is 3.51. The van der Waals surface area contributed by atoms with E-state index in [2.05, 4.69) is 4.98 Å². The van der Waals surface area contributed by atoms with Gasteiger partial charge in [0.15, 0.2) is 0 Å². The number of aromatic nitrogens is 1. The Morgan fingerprint density at radius 1 is 1.44 bits per heavy atom. The first-order valence-corrected chi connectivity index (χ1v) is 6.91. The summed E-state index contributed by atoms with van der Waals surface area (Å²) in [5, 5.41) is 3.17. The Morgan fingerprint density at radius 3 is 2.83 bits per heavy atom. The first-order chi connectivity index (χ1) is 8.54. The SMILES string of the molecule is Cc1csc(CC(N)Cc2ccc(Cl)c(F)c2)n1. The fraction of sp³-hybridized carbons (Fsp3) is 0.308. The van der Waals surface area contributed by atoms with Gasteiger partial charge in [0.2, 0.25) is 0 Å². The predicted molar refractivity (Wildman–Crippen MR) is 73.6 cm³/mol. The van der Waals surface area contributed by atoms with Crippen LogP contribution < -0.4 is 5.73 Å². The Balaban J connectivity index is 1.98. The van der Waals surface area contributed by atoms with E-state index in [0.29, 0.717) is 12.8 Å². The molecule has 2 aromatic rings. The van der Waals surface area contributed by atoms with Crippen LogP contribution in [-0.2, 0) is 12.8 Å². The monoisotopic (exact) mass is 284 g/mol. The standard InChI is InChI=1S/C13H14ClFN2S/c1-8-7-18-13(17-8)6-10(16)4-9-2-3-11(14)12(15)5-9/h2-3,5,7,10H,4,6,16H2,1H3. The number of benzene rings is 1. The van der Waals surface area contributed by atoms with Gasteiger partial charge in [-0.25, -0.2) is 9.37 Å². The van der Waals surface area contributed by atoms with Crippen molar-refractivity contribution in [1.29, 1.82) is 0 Å². The molecule has 0 fully saturated rings. The molecule has 0 saturated heterocycles. The quantitative estimate of drug-likeness (QED) is 0.935. The molecular weight excluding hydrogens is 271 g/mol. The van der Waals surface area contributed by atoms with Gasteiger partial charge in [-0.3, -0.25) is 0 Å². The summed E-state index contributed by atoms with van der Waals surface area (Å²) in [7, 11) is 0. The molecule has 1 heterocycles. The van der Waals surface area contributed by atoms with Crippen LogP contribution >= 0.6 is 22.9 Å². The topological polar surface area (TPSA) is 38.9 Å². The fourth-order valence-electron chi connectivity index (χ4n) is 1.76.